The van der Waals surface area contributed by atoms with E-state index >= 15 is 0 Å². The third kappa shape index (κ3) is 3.74. The zero-order valence-corrected chi connectivity index (χ0v) is 17.9. The van der Waals surface area contributed by atoms with Gasteiger partial charge in [0.15, 0.2) is 9.84 Å². The summed E-state index contributed by atoms with van der Waals surface area (Å²) in [4.78, 5) is 0.320. The van der Waals surface area contributed by atoms with Gasteiger partial charge in [-0.25, -0.2) is 16.8 Å². The van der Waals surface area contributed by atoms with E-state index in [1.165, 1.54) is 29.6 Å². The maximum atomic E-state index is 13.0. The van der Waals surface area contributed by atoms with E-state index in [4.69, 9.17) is 4.74 Å². The van der Waals surface area contributed by atoms with Crippen LogP contribution in [0, 0.1) is 0 Å². The number of rotatable bonds is 6. The van der Waals surface area contributed by atoms with Crippen LogP contribution in [-0.4, -0.2) is 46.6 Å². The number of sulfonamides is 1. The zero-order chi connectivity index (χ0) is 21.4. The molecule has 1 aliphatic rings. The van der Waals surface area contributed by atoms with Gasteiger partial charge in [0.25, 0.3) is 0 Å². The predicted octanol–water partition coefficient (Wildman–Crippen LogP) is 3.21. The number of benzene rings is 3. The van der Waals surface area contributed by atoms with E-state index in [9.17, 15) is 16.8 Å². The van der Waals surface area contributed by atoms with Crippen molar-refractivity contribution in [3.8, 4) is 16.9 Å². The molecule has 1 saturated heterocycles. The second-order valence-electron chi connectivity index (χ2n) is 7.06. The number of hydrogen-bond acceptors (Lipinski definition) is 5. The van der Waals surface area contributed by atoms with E-state index in [0.29, 0.717) is 5.75 Å². The highest BCUT2D eigenvalue weighted by molar-refractivity contribution is 7.92. The lowest BCUT2D eigenvalue weighted by Gasteiger charge is -2.37. The summed E-state index contributed by atoms with van der Waals surface area (Å²) < 4.78 is 57.9. The Kier molecular flexibility index (Phi) is 5.40. The standard InChI is InChI=1S/C22H21NO5S2/c1-28-19-10-12-20(13-11-19)29(24,25)22-15-23(16-22)30(26,27)21-9-5-8-18(14-21)17-6-3-2-4-7-17/h2-14,22H,15-16H2,1H3. The summed E-state index contributed by atoms with van der Waals surface area (Å²) in [6.45, 7) is -0.126. The van der Waals surface area contributed by atoms with Gasteiger partial charge in [-0.1, -0.05) is 42.5 Å². The Labute approximate surface area is 176 Å². The first kappa shape index (κ1) is 20.6. The third-order valence-corrected chi connectivity index (χ3v) is 9.15. The van der Waals surface area contributed by atoms with Crippen LogP contribution in [0.15, 0.2) is 88.7 Å². The van der Waals surface area contributed by atoms with Crippen LogP contribution in [0.25, 0.3) is 11.1 Å². The Morgan fingerprint density at radius 3 is 2.03 bits per heavy atom. The second kappa shape index (κ2) is 7.86. The van der Waals surface area contributed by atoms with E-state index in [1.807, 2.05) is 36.4 Å². The van der Waals surface area contributed by atoms with E-state index in [0.717, 1.165) is 11.1 Å². The molecule has 1 aliphatic heterocycles. The molecule has 3 aromatic rings. The van der Waals surface area contributed by atoms with E-state index in [-0.39, 0.29) is 22.9 Å². The normalized spacial score (nSPS) is 15.5. The summed E-state index contributed by atoms with van der Waals surface area (Å²) in [5.74, 6) is 0.560. The minimum absolute atomic E-state index is 0.0632. The van der Waals surface area contributed by atoms with Gasteiger partial charge in [-0.15, -0.1) is 0 Å². The maximum absolute atomic E-state index is 13.0. The Hall–Kier alpha value is -2.68. The average Bonchev–Trinajstić information content (AvgIpc) is 2.73. The number of hydrogen-bond donors (Lipinski definition) is 0. The van der Waals surface area contributed by atoms with Crippen molar-refractivity contribution in [1.82, 2.24) is 4.31 Å². The molecular weight excluding hydrogens is 422 g/mol. The van der Waals surface area contributed by atoms with Crippen molar-refractivity contribution in [2.24, 2.45) is 0 Å². The molecule has 30 heavy (non-hydrogen) atoms. The van der Waals surface area contributed by atoms with Crippen LogP contribution in [0.4, 0.5) is 0 Å². The smallest absolute Gasteiger partial charge is 0.243 e. The number of methoxy groups -OCH3 is 1. The molecule has 0 unspecified atom stereocenters. The summed E-state index contributed by atoms with van der Waals surface area (Å²) in [5.41, 5.74) is 1.71. The summed E-state index contributed by atoms with van der Waals surface area (Å²) in [7, 11) is -5.88. The lowest BCUT2D eigenvalue weighted by molar-refractivity contribution is 0.309. The highest BCUT2D eigenvalue weighted by Crippen LogP contribution is 2.31. The highest BCUT2D eigenvalue weighted by Gasteiger charge is 2.44. The van der Waals surface area contributed by atoms with E-state index in [2.05, 4.69) is 0 Å². The number of nitrogens with zero attached hydrogens (tertiary/aromatic N) is 1. The predicted molar refractivity (Wildman–Crippen MR) is 115 cm³/mol. The molecule has 156 valence electrons. The first-order valence-electron chi connectivity index (χ1n) is 9.36. The Bertz CT molecular complexity index is 1250. The van der Waals surface area contributed by atoms with Crippen LogP contribution in [0.3, 0.4) is 0 Å². The topological polar surface area (TPSA) is 80.8 Å². The highest BCUT2D eigenvalue weighted by atomic mass is 32.2. The molecule has 1 heterocycles. The van der Waals surface area contributed by atoms with Gasteiger partial charge in [0.2, 0.25) is 10.0 Å². The molecule has 0 bridgehead atoms. The van der Waals surface area contributed by atoms with Crippen LogP contribution in [-0.2, 0) is 19.9 Å². The van der Waals surface area contributed by atoms with Crippen molar-refractivity contribution < 1.29 is 21.6 Å². The summed E-state index contributed by atoms with van der Waals surface area (Å²) in [6.07, 6.45) is 0. The molecule has 0 atom stereocenters. The quantitative estimate of drug-likeness (QED) is 0.584. The molecule has 6 nitrogen and oxygen atoms in total. The minimum Gasteiger partial charge on any atom is -0.497 e. The van der Waals surface area contributed by atoms with Crippen molar-refractivity contribution in [1.29, 1.82) is 0 Å². The molecule has 8 heteroatoms. The summed E-state index contributed by atoms with van der Waals surface area (Å²) in [5, 5.41) is -0.766. The monoisotopic (exact) mass is 443 g/mol. The van der Waals surface area contributed by atoms with Crippen LogP contribution in [0.5, 0.6) is 5.75 Å². The van der Waals surface area contributed by atoms with Gasteiger partial charge >= 0.3 is 0 Å². The molecule has 0 N–H and O–H groups in total. The van der Waals surface area contributed by atoms with Crippen molar-refractivity contribution in [3.63, 3.8) is 0 Å². The van der Waals surface area contributed by atoms with Crippen LogP contribution in [0.1, 0.15) is 0 Å². The lowest BCUT2D eigenvalue weighted by Crippen LogP contribution is -2.56. The minimum atomic E-state index is -3.77. The number of sulfone groups is 1. The van der Waals surface area contributed by atoms with Gasteiger partial charge in [-0.2, -0.15) is 4.31 Å². The van der Waals surface area contributed by atoms with Gasteiger partial charge in [0.1, 0.15) is 5.75 Å². The largest absolute Gasteiger partial charge is 0.497 e. The molecule has 0 aliphatic carbocycles. The molecule has 4 rings (SSSR count). The van der Waals surface area contributed by atoms with Crippen LogP contribution >= 0.6 is 0 Å². The van der Waals surface area contributed by atoms with Crippen molar-refractivity contribution in [2.75, 3.05) is 20.2 Å². The van der Waals surface area contributed by atoms with E-state index < -0.39 is 25.1 Å². The fraction of sp³-hybridized carbons (Fsp3) is 0.182. The third-order valence-electron chi connectivity index (χ3n) is 5.22. The SMILES string of the molecule is COc1ccc(S(=O)(=O)C2CN(S(=O)(=O)c3cccc(-c4ccccc4)c3)C2)cc1. The first-order valence-corrected chi connectivity index (χ1v) is 12.3. The van der Waals surface area contributed by atoms with Crippen molar-refractivity contribution in [2.45, 2.75) is 15.0 Å². The fourth-order valence-electron chi connectivity index (χ4n) is 3.37. The molecule has 0 aromatic heterocycles. The molecule has 3 aromatic carbocycles. The van der Waals surface area contributed by atoms with Gasteiger partial charge in [-0.05, 0) is 47.5 Å². The first-order chi connectivity index (χ1) is 14.3. The van der Waals surface area contributed by atoms with Gasteiger partial charge < -0.3 is 4.74 Å². The Morgan fingerprint density at radius 1 is 0.767 bits per heavy atom. The molecule has 0 radical (unpaired) electrons. The zero-order valence-electron chi connectivity index (χ0n) is 16.3. The van der Waals surface area contributed by atoms with Gasteiger partial charge in [0.05, 0.1) is 22.2 Å². The maximum Gasteiger partial charge on any atom is 0.243 e. The fourth-order valence-corrected chi connectivity index (χ4v) is 6.79. The molecule has 0 spiro atoms. The van der Waals surface area contributed by atoms with E-state index in [1.54, 1.807) is 24.3 Å². The summed E-state index contributed by atoms with van der Waals surface area (Å²) >= 11 is 0. The molecule has 0 saturated carbocycles. The molecular formula is C22H21NO5S2. The van der Waals surface area contributed by atoms with Gasteiger partial charge in [-0.3, -0.25) is 0 Å². The van der Waals surface area contributed by atoms with Crippen molar-refractivity contribution >= 4 is 19.9 Å². The average molecular weight is 444 g/mol. The second-order valence-corrected chi connectivity index (χ2v) is 11.2. The van der Waals surface area contributed by atoms with Gasteiger partial charge in [0, 0.05) is 13.1 Å². The Morgan fingerprint density at radius 2 is 1.40 bits per heavy atom. The van der Waals surface area contributed by atoms with Crippen LogP contribution in [0.2, 0.25) is 0 Å². The Balaban J connectivity index is 1.52. The van der Waals surface area contributed by atoms with Crippen LogP contribution < -0.4 is 4.74 Å². The van der Waals surface area contributed by atoms with Crippen molar-refractivity contribution in [3.05, 3.63) is 78.9 Å². The molecule has 1 fully saturated rings. The molecule has 0 amide bonds. The lowest BCUT2D eigenvalue weighted by atomic mass is 10.1. The number of ether oxygens (including phenoxy) is 1. The summed E-state index contributed by atoms with van der Waals surface area (Å²) in [6, 6.07) is 22.3.